The Hall–Kier alpha value is -3.62. The second-order valence-corrected chi connectivity index (χ2v) is 7.78. The third-order valence-electron chi connectivity index (χ3n) is 5.49. The van der Waals surface area contributed by atoms with Gasteiger partial charge in [-0.1, -0.05) is 43.3 Å². The maximum atomic E-state index is 13.2. The van der Waals surface area contributed by atoms with Gasteiger partial charge in [-0.25, -0.2) is 9.18 Å². The molecule has 3 aromatic rings. The third kappa shape index (κ3) is 5.24. The molecule has 7 nitrogen and oxygen atoms in total. The van der Waals surface area contributed by atoms with Crippen LogP contribution in [0, 0.1) is 5.82 Å². The first kappa shape index (κ1) is 22.6. The van der Waals surface area contributed by atoms with E-state index in [0.717, 1.165) is 5.56 Å². The number of nitrogens with zero attached hydrogens (tertiary/aromatic N) is 2. The van der Waals surface area contributed by atoms with Gasteiger partial charge in [-0.3, -0.25) is 9.36 Å². The van der Waals surface area contributed by atoms with Gasteiger partial charge < -0.3 is 15.2 Å². The molecule has 3 atom stereocenters. The summed E-state index contributed by atoms with van der Waals surface area (Å²) in [6.45, 7) is 1.90. The summed E-state index contributed by atoms with van der Waals surface area (Å²) in [5.41, 5.74) is 1.01. The number of carbonyl (C=O) groups excluding carboxylic acids is 1. The lowest BCUT2D eigenvalue weighted by atomic mass is 10.1. The van der Waals surface area contributed by atoms with Crippen LogP contribution < -0.4 is 11.0 Å². The molecule has 0 radical (unpaired) electrons. The van der Waals surface area contributed by atoms with Crippen LogP contribution in [0.4, 0.5) is 10.2 Å². The van der Waals surface area contributed by atoms with Gasteiger partial charge in [-0.2, -0.15) is 4.98 Å². The number of ether oxygens (including phenoxy) is 1. The van der Waals surface area contributed by atoms with Crippen molar-refractivity contribution < 1.29 is 19.0 Å². The van der Waals surface area contributed by atoms with E-state index in [1.54, 1.807) is 60.8 Å². The maximum absolute atomic E-state index is 13.2. The number of amides is 1. The zero-order chi connectivity index (χ0) is 23.4. The lowest BCUT2D eigenvalue weighted by Crippen LogP contribution is -2.29. The molecule has 2 N–H and O–H groups in total. The molecule has 33 heavy (non-hydrogen) atoms. The molecule has 1 fully saturated rings. The summed E-state index contributed by atoms with van der Waals surface area (Å²) in [5, 5.41) is 12.9. The minimum atomic E-state index is -0.678. The van der Waals surface area contributed by atoms with Crippen LogP contribution in [0.1, 0.15) is 47.5 Å². The zero-order valence-electron chi connectivity index (χ0n) is 18.0. The van der Waals surface area contributed by atoms with Gasteiger partial charge in [0.2, 0.25) is 0 Å². The van der Waals surface area contributed by atoms with Crippen LogP contribution in [0.3, 0.4) is 0 Å². The zero-order valence-corrected chi connectivity index (χ0v) is 18.0. The van der Waals surface area contributed by atoms with Gasteiger partial charge in [0.15, 0.2) is 0 Å². The summed E-state index contributed by atoms with van der Waals surface area (Å²) in [6, 6.07) is 14.5. The van der Waals surface area contributed by atoms with E-state index in [4.69, 9.17) is 4.74 Å². The van der Waals surface area contributed by atoms with Crippen LogP contribution in [0.25, 0.3) is 12.2 Å². The molecule has 0 saturated carbocycles. The highest BCUT2D eigenvalue weighted by Gasteiger charge is 2.34. The first-order chi connectivity index (χ1) is 15.9. The number of benzene rings is 2. The van der Waals surface area contributed by atoms with Gasteiger partial charge in [-0.15, -0.1) is 0 Å². The van der Waals surface area contributed by atoms with Crippen molar-refractivity contribution in [2.45, 2.75) is 38.2 Å². The number of aliphatic hydroxyl groups excluding tert-OH is 1. The molecule has 2 aromatic carbocycles. The van der Waals surface area contributed by atoms with Crippen LogP contribution in [-0.4, -0.2) is 32.8 Å². The third-order valence-corrected chi connectivity index (χ3v) is 5.49. The SMILES string of the molecule is CC[C@H]1O[C@@H](n2cc(/C=C/c3ccc(F)cc3)c(NC(=O)c3ccccc3)nc2=O)C[C@H]1O. The molecule has 1 aliphatic heterocycles. The highest BCUT2D eigenvalue weighted by atomic mass is 19.1. The standard InChI is InChI=1S/C25H24FN3O4/c1-2-21-20(30)14-22(33-21)29-15-18(11-8-16-9-12-19(26)13-10-16)23(28-25(29)32)27-24(31)17-6-4-3-5-7-17/h3-13,15,20-22,30H,2,14H2,1H3,(H,27,28,31,32)/b11-8+/t20-,21-,22-/m1/s1. The van der Waals surface area contributed by atoms with E-state index >= 15 is 0 Å². The molecule has 1 aromatic heterocycles. The monoisotopic (exact) mass is 449 g/mol. The van der Waals surface area contributed by atoms with Crippen LogP contribution in [-0.2, 0) is 4.74 Å². The molecular formula is C25H24FN3O4. The Balaban J connectivity index is 1.70. The highest BCUT2D eigenvalue weighted by molar-refractivity contribution is 6.04. The van der Waals surface area contributed by atoms with Crippen molar-refractivity contribution in [2.75, 3.05) is 5.32 Å². The normalized spacial score (nSPS) is 20.3. The second kappa shape index (κ2) is 9.89. The number of carbonyl (C=O) groups is 1. The molecule has 0 spiro atoms. The van der Waals surface area contributed by atoms with E-state index < -0.39 is 23.9 Å². The Morgan fingerprint density at radius 2 is 1.94 bits per heavy atom. The fourth-order valence-electron chi connectivity index (χ4n) is 3.70. The molecule has 1 saturated heterocycles. The fraction of sp³-hybridized carbons (Fsp3) is 0.240. The Morgan fingerprint density at radius 3 is 2.61 bits per heavy atom. The average molecular weight is 449 g/mol. The number of anilines is 1. The number of aromatic nitrogens is 2. The molecular weight excluding hydrogens is 425 g/mol. The topological polar surface area (TPSA) is 93.5 Å². The minimum absolute atomic E-state index is 0.0917. The molecule has 2 heterocycles. The maximum Gasteiger partial charge on any atom is 0.351 e. The molecule has 1 amide bonds. The molecule has 170 valence electrons. The van der Waals surface area contributed by atoms with Crippen LogP contribution in [0.5, 0.6) is 0 Å². The first-order valence-corrected chi connectivity index (χ1v) is 10.7. The largest absolute Gasteiger partial charge is 0.390 e. The molecule has 0 unspecified atom stereocenters. The highest BCUT2D eigenvalue weighted by Crippen LogP contribution is 2.30. The van der Waals surface area contributed by atoms with Crippen LogP contribution >= 0.6 is 0 Å². The summed E-state index contributed by atoms with van der Waals surface area (Å²) in [4.78, 5) is 29.5. The van der Waals surface area contributed by atoms with Crippen molar-refractivity contribution in [3.8, 4) is 0 Å². The molecule has 0 bridgehead atoms. The molecule has 8 heteroatoms. The Labute approximate surface area is 190 Å². The van der Waals surface area contributed by atoms with E-state index in [1.165, 1.54) is 16.7 Å². The lowest BCUT2D eigenvalue weighted by molar-refractivity contribution is -0.0217. The average Bonchev–Trinajstić information content (AvgIpc) is 3.20. The minimum Gasteiger partial charge on any atom is -0.390 e. The smallest absolute Gasteiger partial charge is 0.351 e. The van der Waals surface area contributed by atoms with E-state index in [9.17, 15) is 19.1 Å². The number of hydrogen-bond acceptors (Lipinski definition) is 5. The second-order valence-electron chi connectivity index (χ2n) is 7.78. The van der Waals surface area contributed by atoms with E-state index in [2.05, 4.69) is 10.3 Å². The molecule has 0 aliphatic carbocycles. The van der Waals surface area contributed by atoms with Crippen molar-refractivity contribution in [1.29, 1.82) is 0 Å². The lowest BCUT2D eigenvalue weighted by Gasteiger charge is -2.17. The number of nitrogens with one attached hydrogen (secondary N) is 1. The predicted octanol–water partition coefficient (Wildman–Crippen LogP) is 3.86. The summed E-state index contributed by atoms with van der Waals surface area (Å²) in [6.07, 6.45) is 4.12. The van der Waals surface area contributed by atoms with E-state index in [0.29, 0.717) is 17.5 Å². The summed E-state index contributed by atoms with van der Waals surface area (Å²) >= 11 is 0. The fourth-order valence-corrected chi connectivity index (χ4v) is 3.70. The van der Waals surface area contributed by atoms with E-state index in [1.807, 2.05) is 6.92 Å². The van der Waals surface area contributed by atoms with Gasteiger partial charge in [0, 0.05) is 23.7 Å². The Kier molecular flexibility index (Phi) is 6.76. The van der Waals surface area contributed by atoms with Gasteiger partial charge in [0.05, 0.1) is 12.2 Å². The first-order valence-electron chi connectivity index (χ1n) is 10.7. The van der Waals surface area contributed by atoms with E-state index in [-0.39, 0.29) is 24.2 Å². The predicted molar refractivity (Wildman–Crippen MR) is 123 cm³/mol. The van der Waals surface area contributed by atoms with Crippen LogP contribution in [0.15, 0.2) is 65.6 Å². The molecule has 1 aliphatic rings. The van der Waals surface area contributed by atoms with Crippen LogP contribution in [0.2, 0.25) is 0 Å². The Bertz CT molecular complexity index is 1210. The van der Waals surface area contributed by atoms with Crippen molar-refractivity contribution in [1.82, 2.24) is 9.55 Å². The molecule has 4 rings (SSSR count). The quantitative estimate of drug-likeness (QED) is 0.596. The van der Waals surface area contributed by atoms with Crippen molar-refractivity contribution in [3.05, 3.63) is 93.8 Å². The number of hydrogen-bond donors (Lipinski definition) is 2. The van der Waals surface area contributed by atoms with Crippen molar-refractivity contribution in [2.24, 2.45) is 0 Å². The summed E-state index contributed by atoms with van der Waals surface area (Å²) in [5.74, 6) is -0.662. The van der Waals surface area contributed by atoms with Gasteiger partial charge in [0.25, 0.3) is 5.91 Å². The van der Waals surface area contributed by atoms with Gasteiger partial charge in [0.1, 0.15) is 17.9 Å². The number of aliphatic hydroxyl groups is 1. The number of rotatable bonds is 6. The summed E-state index contributed by atoms with van der Waals surface area (Å²) in [7, 11) is 0. The van der Waals surface area contributed by atoms with Crippen molar-refractivity contribution in [3.63, 3.8) is 0 Å². The number of halogens is 1. The summed E-state index contributed by atoms with van der Waals surface area (Å²) < 4.78 is 20.4. The van der Waals surface area contributed by atoms with Gasteiger partial charge >= 0.3 is 5.69 Å². The van der Waals surface area contributed by atoms with Crippen molar-refractivity contribution >= 4 is 23.9 Å². The Morgan fingerprint density at radius 1 is 1.21 bits per heavy atom. The van der Waals surface area contributed by atoms with Gasteiger partial charge in [-0.05, 0) is 42.3 Å².